The molecule has 0 aromatic heterocycles. The van der Waals surface area contributed by atoms with Crippen molar-refractivity contribution in [2.24, 2.45) is 0 Å². The molecule has 0 aliphatic heterocycles. The lowest BCUT2D eigenvalue weighted by atomic mass is 10.2. The van der Waals surface area contributed by atoms with E-state index in [1.165, 1.54) is 12.1 Å². The van der Waals surface area contributed by atoms with Crippen molar-refractivity contribution in [3.63, 3.8) is 0 Å². The third kappa shape index (κ3) is 7.30. The first-order chi connectivity index (χ1) is 13.0. The van der Waals surface area contributed by atoms with Crippen molar-refractivity contribution in [3.05, 3.63) is 59.9 Å². The quantitative estimate of drug-likeness (QED) is 0.493. The smallest absolute Gasteiger partial charge is 0.341 e. The molecule has 0 spiro atoms. The first-order valence-corrected chi connectivity index (χ1v) is 9.49. The SMILES string of the molecule is CN(Cc1ccccc1OCC(=O)O)C(=O)CCCSc1ccc(F)cc1. The zero-order valence-electron chi connectivity index (χ0n) is 15.1. The number of ether oxygens (including phenoxy) is 1. The molecule has 144 valence electrons. The van der Waals surface area contributed by atoms with Gasteiger partial charge in [-0.3, -0.25) is 4.79 Å². The van der Waals surface area contributed by atoms with Gasteiger partial charge in [-0.1, -0.05) is 18.2 Å². The molecule has 0 saturated heterocycles. The number of benzene rings is 2. The Morgan fingerprint density at radius 2 is 1.85 bits per heavy atom. The van der Waals surface area contributed by atoms with E-state index in [0.29, 0.717) is 25.1 Å². The zero-order chi connectivity index (χ0) is 19.6. The van der Waals surface area contributed by atoms with Gasteiger partial charge in [0, 0.05) is 30.5 Å². The summed E-state index contributed by atoms with van der Waals surface area (Å²) < 4.78 is 18.1. The Bertz CT molecular complexity index is 767. The highest BCUT2D eigenvalue weighted by atomic mass is 32.2. The fourth-order valence-corrected chi connectivity index (χ4v) is 3.25. The molecular weight excluding hydrogens is 369 g/mol. The van der Waals surface area contributed by atoms with Crippen LogP contribution in [0.2, 0.25) is 0 Å². The van der Waals surface area contributed by atoms with E-state index in [4.69, 9.17) is 9.84 Å². The standard InChI is InChI=1S/C20H22FNO4S/c1-22(13-15-5-2-3-6-18(15)26-14-20(24)25)19(23)7-4-12-27-17-10-8-16(21)9-11-17/h2-3,5-6,8-11H,4,7,12-14H2,1H3,(H,24,25). The maximum atomic E-state index is 12.9. The van der Waals surface area contributed by atoms with Gasteiger partial charge in [0.2, 0.25) is 5.91 Å². The van der Waals surface area contributed by atoms with Gasteiger partial charge in [0.25, 0.3) is 0 Å². The molecule has 7 heteroatoms. The number of hydrogen-bond acceptors (Lipinski definition) is 4. The summed E-state index contributed by atoms with van der Waals surface area (Å²) in [5.41, 5.74) is 0.760. The lowest BCUT2D eigenvalue weighted by Crippen LogP contribution is -2.26. The van der Waals surface area contributed by atoms with Crippen LogP contribution in [-0.4, -0.2) is 41.3 Å². The number of carboxylic acids is 1. The van der Waals surface area contributed by atoms with Crippen molar-refractivity contribution < 1.29 is 23.8 Å². The Morgan fingerprint density at radius 3 is 2.56 bits per heavy atom. The van der Waals surface area contributed by atoms with Crippen molar-refractivity contribution in [2.75, 3.05) is 19.4 Å². The summed E-state index contributed by atoms with van der Waals surface area (Å²) in [5.74, 6) is -0.0745. The predicted octanol–water partition coefficient (Wildman–Crippen LogP) is 3.82. The molecule has 0 saturated carbocycles. The molecule has 1 N–H and O–H groups in total. The van der Waals surface area contributed by atoms with Gasteiger partial charge in [-0.15, -0.1) is 11.8 Å². The lowest BCUT2D eigenvalue weighted by molar-refractivity contribution is -0.139. The number of carbonyl (C=O) groups is 2. The van der Waals surface area contributed by atoms with Gasteiger partial charge < -0.3 is 14.7 Å². The minimum absolute atomic E-state index is 0.00254. The number of rotatable bonds is 10. The number of amides is 1. The molecule has 0 atom stereocenters. The molecular formula is C20H22FNO4S. The van der Waals surface area contributed by atoms with Crippen LogP contribution in [0.1, 0.15) is 18.4 Å². The first-order valence-electron chi connectivity index (χ1n) is 8.50. The van der Waals surface area contributed by atoms with Gasteiger partial charge in [0.05, 0.1) is 0 Å². The summed E-state index contributed by atoms with van der Waals surface area (Å²) in [4.78, 5) is 25.6. The molecule has 0 aliphatic rings. The van der Waals surface area contributed by atoms with Gasteiger partial charge in [-0.25, -0.2) is 9.18 Å². The molecule has 2 rings (SSSR count). The summed E-state index contributed by atoms with van der Waals surface area (Å²) in [7, 11) is 1.71. The van der Waals surface area contributed by atoms with E-state index in [-0.39, 0.29) is 11.7 Å². The number of carbonyl (C=O) groups excluding carboxylic acids is 1. The molecule has 2 aromatic rings. The van der Waals surface area contributed by atoms with Crippen LogP contribution in [0.3, 0.4) is 0 Å². The number of para-hydroxylation sites is 1. The van der Waals surface area contributed by atoms with Gasteiger partial charge in [-0.05, 0) is 42.5 Å². The topological polar surface area (TPSA) is 66.8 Å². The number of nitrogens with zero attached hydrogens (tertiary/aromatic N) is 1. The van der Waals surface area contributed by atoms with Crippen LogP contribution in [-0.2, 0) is 16.1 Å². The van der Waals surface area contributed by atoms with Crippen LogP contribution in [0.5, 0.6) is 5.75 Å². The molecule has 0 aliphatic carbocycles. The van der Waals surface area contributed by atoms with E-state index in [2.05, 4.69) is 0 Å². The lowest BCUT2D eigenvalue weighted by Gasteiger charge is -2.19. The second-order valence-electron chi connectivity index (χ2n) is 5.95. The highest BCUT2D eigenvalue weighted by Gasteiger charge is 2.12. The minimum atomic E-state index is -1.05. The van der Waals surface area contributed by atoms with Crippen LogP contribution < -0.4 is 4.74 Å². The van der Waals surface area contributed by atoms with E-state index in [1.807, 2.05) is 12.1 Å². The average Bonchev–Trinajstić information content (AvgIpc) is 2.65. The Kier molecular flexibility index (Phi) is 8.13. The largest absolute Gasteiger partial charge is 0.482 e. The van der Waals surface area contributed by atoms with Gasteiger partial charge in [-0.2, -0.15) is 0 Å². The summed E-state index contributed by atoms with van der Waals surface area (Å²) in [6.07, 6.45) is 1.12. The third-order valence-electron chi connectivity index (χ3n) is 3.77. The Balaban J connectivity index is 1.78. The van der Waals surface area contributed by atoms with Crippen molar-refractivity contribution in [2.45, 2.75) is 24.3 Å². The van der Waals surface area contributed by atoms with E-state index >= 15 is 0 Å². The average molecular weight is 391 g/mol. The molecule has 1 amide bonds. The molecule has 0 fully saturated rings. The maximum absolute atomic E-state index is 12.9. The van der Waals surface area contributed by atoms with Crippen molar-refractivity contribution in [1.82, 2.24) is 4.90 Å². The number of halogens is 1. The predicted molar refractivity (Wildman–Crippen MR) is 102 cm³/mol. The molecule has 0 bridgehead atoms. The molecule has 0 radical (unpaired) electrons. The highest BCUT2D eigenvalue weighted by Crippen LogP contribution is 2.21. The minimum Gasteiger partial charge on any atom is -0.482 e. The summed E-state index contributed by atoms with van der Waals surface area (Å²) in [6.45, 7) is -0.0744. The number of thioether (sulfide) groups is 1. The number of carboxylic acid groups (broad SMARTS) is 1. The van der Waals surface area contributed by atoms with Gasteiger partial charge in [0.1, 0.15) is 11.6 Å². The van der Waals surface area contributed by atoms with Crippen LogP contribution in [0.4, 0.5) is 4.39 Å². The van der Waals surface area contributed by atoms with E-state index < -0.39 is 12.6 Å². The van der Waals surface area contributed by atoms with E-state index in [9.17, 15) is 14.0 Å². The fourth-order valence-electron chi connectivity index (χ4n) is 2.39. The van der Waals surface area contributed by atoms with Crippen LogP contribution in [0.15, 0.2) is 53.4 Å². The van der Waals surface area contributed by atoms with Crippen molar-refractivity contribution in [3.8, 4) is 5.75 Å². The monoisotopic (exact) mass is 391 g/mol. The van der Waals surface area contributed by atoms with Crippen LogP contribution in [0.25, 0.3) is 0 Å². The van der Waals surface area contributed by atoms with Gasteiger partial charge in [0.15, 0.2) is 6.61 Å². The molecule has 5 nitrogen and oxygen atoms in total. The second-order valence-corrected chi connectivity index (χ2v) is 7.11. The van der Waals surface area contributed by atoms with Crippen molar-refractivity contribution >= 4 is 23.6 Å². The van der Waals surface area contributed by atoms with Crippen molar-refractivity contribution in [1.29, 1.82) is 0 Å². The molecule has 2 aromatic carbocycles. The van der Waals surface area contributed by atoms with Crippen LogP contribution >= 0.6 is 11.8 Å². The fraction of sp³-hybridized carbons (Fsp3) is 0.300. The highest BCUT2D eigenvalue weighted by molar-refractivity contribution is 7.99. The first kappa shape index (κ1) is 20.8. The number of aliphatic carboxylic acids is 1. The third-order valence-corrected chi connectivity index (χ3v) is 4.87. The Hall–Kier alpha value is -2.54. The Morgan fingerprint density at radius 1 is 1.15 bits per heavy atom. The van der Waals surface area contributed by atoms with Crippen LogP contribution in [0, 0.1) is 5.82 Å². The summed E-state index contributed by atoms with van der Waals surface area (Å²) in [5, 5.41) is 8.74. The molecule has 0 heterocycles. The summed E-state index contributed by atoms with van der Waals surface area (Å²) in [6, 6.07) is 13.4. The molecule has 0 unspecified atom stereocenters. The second kappa shape index (κ2) is 10.6. The zero-order valence-corrected chi connectivity index (χ0v) is 15.9. The number of hydrogen-bond donors (Lipinski definition) is 1. The summed E-state index contributed by atoms with van der Waals surface area (Å²) >= 11 is 1.59. The van der Waals surface area contributed by atoms with Gasteiger partial charge >= 0.3 is 5.97 Å². The van der Waals surface area contributed by atoms with E-state index in [1.54, 1.807) is 48.0 Å². The maximum Gasteiger partial charge on any atom is 0.341 e. The normalized spacial score (nSPS) is 10.4. The Labute approximate surface area is 162 Å². The molecule has 27 heavy (non-hydrogen) atoms. The van der Waals surface area contributed by atoms with E-state index in [0.717, 1.165) is 16.2 Å².